The third kappa shape index (κ3) is 3.19. The molecule has 0 amide bonds. The minimum atomic E-state index is 0.267. The lowest BCUT2D eigenvalue weighted by Crippen LogP contribution is -2.56. The van der Waals surface area contributed by atoms with Gasteiger partial charge in [0.05, 0.1) is 12.7 Å². The Bertz CT molecular complexity index is 237. The molecule has 2 heterocycles. The number of nitrogens with zero attached hydrogens (tertiary/aromatic N) is 1. The van der Waals surface area contributed by atoms with E-state index in [4.69, 9.17) is 10.6 Å². The van der Waals surface area contributed by atoms with Gasteiger partial charge in [-0.1, -0.05) is 20.3 Å². The van der Waals surface area contributed by atoms with Crippen molar-refractivity contribution < 1.29 is 4.74 Å². The Hall–Kier alpha value is -0.160. The third-order valence-electron chi connectivity index (χ3n) is 4.43. The maximum atomic E-state index is 6.01. The summed E-state index contributed by atoms with van der Waals surface area (Å²) in [7, 11) is 0. The van der Waals surface area contributed by atoms with Crippen molar-refractivity contribution in [2.75, 3.05) is 19.7 Å². The molecule has 4 atom stereocenters. The summed E-state index contributed by atoms with van der Waals surface area (Å²) in [5, 5.41) is 0. The van der Waals surface area contributed by atoms with E-state index in [1.807, 2.05) is 0 Å². The molecule has 4 nitrogen and oxygen atoms in total. The van der Waals surface area contributed by atoms with Gasteiger partial charge in [0.15, 0.2) is 0 Å². The molecule has 0 bridgehead atoms. The molecular weight excluding hydrogens is 214 g/mol. The number of fused-ring (bicyclic) bond motifs is 1. The van der Waals surface area contributed by atoms with Crippen LogP contribution in [0.5, 0.6) is 0 Å². The predicted molar refractivity (Wildman–Crippen MR) is 69.5 cm³/mol. The van der Waals surface area contributed by atoms with Gasteiger partial charge in [-0.25, -0.2) is 0 Å². The van der Waals surface area contributed by atoms with E-state index in [2.05, 4.69) is 24.2 Å². The van der Waals surface area contributed by atoms with Gasteiger partial charge in [-0.3, -0.25) is 16.2 Å². The summed E-state index contributed by atoms with van der Waals surface area (Å²) in [5.41, 5.74) is 2.97. The second-order valence-electron chi connectivity index (χ2n) is 5.69. The lowest BCUT2D eigenvalue weighted by Gasteiger charge is -2.39. The Morgan fingerprint density at radius 1 is 1.53 bits per heavy atom. The molecule has 2 aliphatic rings. The number of hydrogen-bond acceptors (Lipinski definition) is 4. The van der Waals surface area contributed by atoms with Gasteiger partial charge in [0.25, 0.3) is 0 Å². The highest BCUT2D eigenvalue weighted by atomic mass is 16.5. The first-order chi connectivity index (χ1) is 8.24. The Kier molecular flexibility index (Phi) is 4.79. The number of morpholine rings is 1. The summed E-state index contributed by atoms with van der Waals surface area (Å²) in [6.07, 6.45) is 5.21. The molecule has 17 heavy (non-hydrogen) atoms. The lowest BCUT2D eigenvalue weighted by atomic mass is 9.95. The first kappa shape index (κ1) is 13.3. The van der Waals surface area contributed by atoms with E-state index in [0.717, 1.165) is 19.6 Å². The molecule has 2 saturated heterocycles. The second-order valence-corrected chi connectivity index (χ2v) is 5.69. The third-order valence-corrected chi connectivity index (χ3v) is 4.43. The molecule has 2 fully saturated rings. The molecule has 0 aromatic heterocycles. The quantitative estimate of drug-likeness (QED) is 0.559. The first-order valence-corrected chi connectivity index (χ1v) is 7.06. The Morgan fingerprint density at radius 3 is 3.06 bits per heavy atom. The normalized spacial score (nSPS) is 33.4. The van der Waals surface area contributed by atoms with Crippen LogP contribution < -0.4 is 11.3 Å². The fourth-order valence-corrected chi connectivity index (χ4v) is 3.01. The van der Waals surface area contributed by atoms with E-state index in [-0.39, 0.29) is 6.10 Å². The first-order valence-electron chi connectivity index (χ1n) is 7.06. The standard InChI is InChI=1S/C13H27N3O/c1-3-10(2)7-12(15-14)13-8-16-6-4-5-11(16)9-17-13/h10-13,15H,3-9,14H2,1-2H3. The van der Waals surface area contributed by atoms with Crippen molar-refractivity contribution in [3.8, 4) is 0 Å². The highest BCUT2D eigenvalue weighted by molar-refractivity contribution is 4.89. The average Bonchev–Trinajstić information content (AvgIpc) is 2.82. The molecule has 0 radical (unpaired) electrons. The van der Waals surface area contributed by atoms with Crippen LogP contribution in [0.2, 0.25) is 0 Å². The molecule has 0 saturated carbocycles. The van der Waals surface area contributed by atoms with E-state index >= 15 is 0 Å². The van der Waals surface area contributed by atoms with Crippen molar-refractivity contribution in [1.29, 1.82) is 0 Å². The van der Waals surface area contributed by atoms with E-state index in [0.29, 0.717) is 18.0 Å². The van der Waals surface area contributed by atoms with E-state index in [1.165, 1.54) is 25.8 Å². The summed E-state index contributed by atoms with van der Waals surface area (Å²) in [4.78, 5) is 2.58. The largest absolute Gasteiger partial charge is 0.374 e. The zero-order valence-electron chi connectivity index (χ0n) is 11.2. The molecule has 2 rings (SSSR count). The van der Waals surface area contributed by atoms with Gasteiger partial charge >= 0.3 is 0 Å². The second kappa shape index (κ2) is 6.14. The van der Waals surface area contributed by atoms with Crippen LogP contribution in [0.4, 0.5) is 0 Å². The SMILES string of the molecule is CCC(C)CC(NN)C1CN2CCCC2CO1. The summed E-state index contributed by atoms with van der Waals surface area (Å²) in [6.45, 7) is 7.70. The molecule has 0 aliphatic carbocycles. The van der Waals surface area contributed by atoms with Crippen molar-refractivity contribution in [3.63, 3.8) is 0 Å². The van der Waals surface area contributed by atoms with Gasteiger partial charge in [0, 0.05) is 18.6 Å². The summed E-state index contributed by atoms with van der Waals surface area (Å²) < 4.78 is 6.01. The van der Waals surface area contributed by atoms with E-state index in [1.54, 1.807) is 0 Å². The number of nitrogens with two attached hydrogens (primary N) is 1. The monoisotopic (exact) mass is 241 g/mol. The number of ether oxygens (including phenoxy) is 1. The molecule has 0 aromatic rings. The Morgan fingerprint density at radius 2 is 2.35 bits per heavy atom. The van der Waals surface area contributed by atoms with Crippen molar-refractivity contribution >= 4 is 0 Å². The summed E-state index contributed by atoms with van der Waals surface area (Å²) >= 11 is 0. The van der Waals surface area contributed by atoms with Crippen LogP contribution in [0, 0.1) is 5.92 Å². The highest BCUT2D eigenvalue weighted by Gasteiger charge is 2.35. The molecule has 0 spiro atoms. The minimum Gasteiger partial charge on any atom is -0.374 e. The molecule has 2 aliphatic heterocycles. The zero-order chi connectivity index (χ0) is 12.3. The Balaban J connectivity index is 1.87. The van der Waals surface area contributed by atoms with Crippen LogP contribution >= 0.6 is 0 Å². The zero-order valence-corrected chi connectivity index (χ0v) is 11.2. The number of nitrogens with one attached hydrogen (secondary N) is 1. The van der Waals surface area contributed by atoms with Crippen molar-refractivity contribution in [1.82, 2.24) is 10.3 Å². The molecule has 100 valence electrons. The van der Waals surface area contributed by atoms with Gasteiger partial charge < -0.3 is 4.74 Å². The number of hydrogen-bond donors (Lipinski definition) is 2. The molecule has 4 heteroatoms. The maximum Gasteiger partial charge on any atom is 0.0869 e. The number of rotatable bonds is 5. The summed E-state index contributed by atoms with van der Waals surface area (Å²) in [5.74, 6) is 6.40. The minimum absolute atomic E-state index is 0.267. The van der Waals surface area contributed by atoms with Crippen LogP contribution in [0.3, 0.4) is 0 Å². The van der Waals surface area contributed by atoms with Gasteiger partial charge in [-0.15, -0.1) is 0 Å². The van der Waals surface area contributed by atoms with Gasteiger partial charge in [0.1, 0.15) is 0 Å². The van der Waals surface area contributed by atoms with Gasteiger partial charge in [0.2, 0.25) is 0 Å². The van der Waals surface area contributed by atoms with Gasteiger partial charge in [-0.2, -0.15) is 0 Å². The smallest absolute Gasteiger partial charge is 0.0869 e. The number of hydrazine groups is 1. The van der Waals surface area contributed by atoms with E-state index in [9.17, 15) is 0 Å². The maximum absolute atomic E-state index is 6.01. The van der Waals surface area contributed by atoms with Crippen LogP contribution in [-0.4, -0.2) is 42.8 Å². The molecule has 4 unspecified atom stereocenters. The fourth-order valence-electron chi connectivity index (χ4n) is 3.01. The van der Waals surface area contributed by atoms with Crippen molar-refractivity contribution in [3.05, 3.63) is 0 Å². The topological polar surface area (TPSA) is 50.5 Å². The molecular formula is C13H27N3O. The fraction of sp³-hybridized carbons (Fsp3) is 1.00. The summed E-state index contributed by atoms with van der Waals surface area (Å²) in [6, 6.07) is 0.972. The molecule has 3 N–H and O–H groups in total. The van der Waals surface area contributed by atoms with Crippen molar-refractivity contribution in [2.45, 2.75) is 57.7 Å². The van der Waals surface area contributed by atoms with Crippen LogP contribution in [-0.2, 0) is 4.74 Å². The van der Waals surface area contributed by atoms with Gasteiger partial charge in [-0.05, 0) is 31.7 Å². The highest BCUT2D eigenvalue weighted by Crippen LogP contribution is 2.25. The van der Waals surface area contributed by atoms with Crippen LogP contribution in [0.25, 0.3) is 0 Å². The van der Waals surface area contributed by atoms with Crippen LogP contribution in [0.15, 0.2) is 0 Å². The predicted octanol–water partition coefficient (Wildman–Crippen LogP) is 1.12. The average molecular weight is 241 g/mol. The van der Waals surface area contributed by atoms with E-state index < -0.39 is 0 Å². The Labute approximate surface area is 105 Å². The molecule has 0 aromatic carbocycles. The van der Waals surface area contributed by atoms with Crippen LogP contribution in [0.1, 0.15) is 39.5 Å². The van der Waals surface area contributed by atoms with Crippen molar-refractivity contribution in [2.24, 2.45) is 11.8 Å². The lowest BCUT2D eigenvalue weighted by molar-refractivity contribution is -0.0674.